The van der Waals surface area contributed by atoms with E-state index < -0.39 is 16.1 Å². The van der Waals surface area contributed by atoms with E-state index in [4.69, 9.17) is 11.6 Å². The van der Waals surface area contributed by atoms with Crippen molar-refractivity contribution >= 4 is 49.3 Å². The molecule has 37 heavy (non-hydrogen) atoms. The first-order valence-electron chi connectivity index (χ1n) is 12.2. The minimum Gasteiger partial charge on any atom is -0.390 e. The van der Waals surface area contributed by atoms with Crippen LogP contribution in [0.15, 0.2) is 77.7 Å². The highest BCUT2D eigenvalue weighted by Crippen LogP contribution is 2.29. The molecule has 1 unspecified atom stereocenters. The molecular weight excluding hydrogens is 512 g/mol. The lowest BCUT2D eigenvalue weighted by Gasteiger charge is -2.35. The molecule has 4 aromatic rings. The molecule has 1 atom stereocenters. The highest BCUT2D eigenvalue weighted by molar-refractivity contribution is 7.89. The van der Waals surface area contributed by atoms with Gasteiger partial charge in [-0.3, -0.25) is 9.69 Å². The molecule has 0 radical (unpaired) electrons. The van der Waals surface area contributed by atoms with Crippen molar-refractivity contribution in [2.24, 2.45) is 0 Å². The van der Waals surface area contributed by atoms with Crippen LogP contribution in [0.3, 0.4) is 0 Å². The predicted octanol–water partition coefficient (Wildman–Crippen LogP) is 2.93. The fraction of sp³-hybridized carbons (Fsp3) is 0.296. The smallest absolute Gasteiger partial charge is 0.241 e. The van der Waals surface area contributed by atoms with Crippen LogP contribution in [-0.4, -0.2) is 79.2 Å². The van der Waals surface area contributed by atoms with Gasteiger partial charge in [0.15, 0.2) is 0 Å². The van der Waals surface area contributed by atoms with E-state index in [1.165, 1.54) is 35.0 Å². The van der Waals surface area contributed by atoms with Crippen molar-refractivity contribution in [2.45, 2.75) is 17.5 Å². The van der Waals surface area contributed by atoms with Gasteiger partial charge < -0.3 is 14.6 Å². The van der Waals surface area contributed by atoms with E-state index in [0.717, 1.165) is 11.0 Å². The second-order valence-electron chi connectivity index (χ2n) is 9.26. The van der Waals surface area contributed by atoms with Gasteiger partial charge in [0, 0.05) is 59.6 Å². The minimum absolute atomic E-state index is 0.0618. The van der Waals surface area contributed by atoms with Gasteiger partial charge in [0.2, 0.25) is 15.9 Å². The number of nitrogens with zero attached hydrogens (tertiary/aromatic N) is 3. The van der Waals surface area contributed by atoms with Crippen LogP contribution in [0.4, 0.5) is 0 Å². The molecule has 2 heterocycles. The maximum atomic E-state index is 12.6. The number of nitrogens with one attached hydrogen (secondary N) is 1. The number of piperazine rings is 1. The van der Waals surface area contributed by atoms with E-state index in [9.17, 15) is 18.3 Å². The number of carbonyl (C=O) groups excluding carboxylic acids is 1. The Bertz CT molecular complexity index is 1460. The Morgan fingerprint density at radius 2 is 1.43 bits per heavy atom. The highest BCUT2D eigenvalue weighted by atomic mass is 35.5. The van der Waals surface area contributed by atoms with Crippen molar-refractivity contribution in [3.63, 3.8) is 0 Å². The molecule has 1 aliphatic rings. The van der Waals surface area contributed by atoms with Gasteiger partial charge in [-0.1, -0.05) is 48.0 Å². The summed E-state index contributed by atoms with van der Waals surface area (Å²) in [6.07, 6.45) is -0.576. The zero-order valence-corrected chi connectivity index (χ0v) is 21.8. The molecule has 0 bridgehead atoms. The Hall–Kier alpha value is -2.95. The Balaban J connectivity index is 1.14. The van der Waals surface area contributed by atoms with Gasteiger partial charge in [-0.15, -0.1) is 0 Å². The predicted molar refractivity (Wildman–Crippen MR) is 145 cm³/mol. The van der Waals surface area contributed by atoms with E-state index in [2.05, 4.69) is 38.5 Å². The second-order valence-corrected chi connectivity index (χ2v) is 11.5. The number of aliphatic hydroxyl groups excluding tert-OH is 1. The number of β-amino-alcohol motifs (C(OH)–C–C–N with tert-alkyl or cyclic N) is 1. The largest absolute Gasteiger partial charge is 0.390 e. The first-order chi connectivity index (χ1) is 17.8. The van der Waals surface area contributed by atoms with Crippen LogP contribution >= 0.6 is 11.6 Å². The number of hydrogen-bond acceptors (Lipinski definition) is 5. The molecule has 3 aromatic carbocycles. The fourth-order valence-corrected chi connectivity index (χ4v) is 6.01. The summed E-state index contributed by atoms with van der Waals surface area (Å²) in [7, 11) is -3.80. The first kappa shape index (κ1) is 25.7. The summed E-state index contributed by atoms with van der Waals surface area (Å²) in [5, 5.41) is 13.7. The van der Waals surface area contributed by atoms with Crippen LogP contribution in [0.25, 0.3) is 21.8 Å². The Morgan fingerprint density at radius 1 is 0.865 bits per heavy atom. The summed E-state index contributed by atoms with van der Waals surface area (Å²) in [5.41, 5.74) is 2.19. The van der Waals surface area contributed by atoms with Crippen LogP contribution < -0.4 is 4.72 Å². The summed E-state index contributed by atoms with van der Waals surface area (Å²) in [6, 6.07) is 22.2. The van der Waals surface area contributed by atoms with Crippen molar-refractivity contribution in [1.82, 2.24) is 19.1 Å². The summed E-state index contributed by atoms with van der Waals surface area (Å²) in [5.74, 6) is -0.275. The van der Waals surface area contributed by atoms with Crippen molar-refractivity contribution in [1.29, 1.82) is 0 Å². The zero-order valence-electron chi connectivity index (χ0n) is 20.3. The number of aliphatic hydroxyl groups is 1. The molecule has 194 valence electrons. The number of halogens is 1. The average Bonchev–Trinajstić information content (AvgIpc) is 3.21. The lowest BCUT2D eigenvalue weighted by Crippen LogP contribution is -2.52. The molecule has 1 amide bonds. The van der Waals surface area contributed by atoms with Gasteiger partial charge in [0.25, 0.3) is 0 Å². The summed E-state index contributed by atoms with van der Waals surface area (Å²) in [4.78, 5) is 16.5. The maximum Gasteiger partial charge on any atom is 0.241 e. The van der Waals surface area contributed by atoms with Gasteiger partial charge in [0.05, 0.1) is 24.1 Å². The first-order valence-corrected chi connectivity index (χ1v) is 14.1. The number of para-hydroxylation sites is 2. The van der Waals surface area contributed by atoms with E-state index >= 15 is 0 Å². The van der Waals surface area contributed by atoms with E-state index in [1.54, 1.807) is 4.90 Å². The van der Waals surface area contributed by atoms with Crippen LogP contribution in [0.5, 0.6) is 0 Å². The van der Waals surface area contributed by atoms with E-state index in [0.29, 0.717) is 44.3 Å². The molecule has 1 fully saturated rings. The lowest BCUT2D eigenvalue weighted by molar-refractivity contribution is -0.131. The SMILES string of the molecule is O=C(CNS(=O)(=O)c1ccc(Cl)cc1)N1CCN(CC(O)Cn2c3ccccc3c3ccccc32)CC1. The zero-order chi connectivity index (χ0) is 26.0. The number of aromatic nitrogens is 1. The van der Waals surface area contributed by atoms with Gasteiger partial charge in [-0.05, 0) is 36.4 Å². The van der Waals surface area contributed by atoms with Crippen molar-refractivity contribution in [3.8, 4) is 0 Å². The van der Waals surface area contributed by atoms with Gasteiger partial charge >= 0.3 is 0 Å². The monoisotopic (exact) mass is 540 g/mol. The summed E-state index contributed by atoms with van der Waals surface area (Å²) in [6.45, 7) is 2.83. The number of fused-ring (bicyclic) bond motifs is 3. The van der Waals surface area contributed by atoms with Gasteiger partial charge in [0.1, 0.15) is 0 Å². The average molecular weight is 541 g/mol. The number of rotatable bonds is 8. The molecule has 0 saturated carbocycles. The number of benzene rings is 3. The molecule has 8 nitrogen and oxygen atoms in total. The summed E-state index contributed by atoms with van der Waals surface area (Å²) >= 11 is 5.82. The fourth-order valence-electron chi connectivity index (χ4n) is 4.91. The van der Waals surface area contributed by atoms with Gasteiger partial charge in [-0.2, -0.15) is 0 Å². The minimum atomic E-state index is -3.80. The van der Waals surface area contributed by atoms with Crippen molar-refractivity contribution < 1.29 is 18.3 Å². The molecule has 5 rings (SSSR count). The van der Waals surface area contributed by atoms with Crippen LogP contribution in [-0.2, 0) is 21.4 Å². The molecule has 1 aliphatic heterocycles. The van der Waals surface area contributed by atoms with Crippen LogP contribution in [0.1, 0.15) is 0 Å². The molecular formula is C27H29ClN4O4S. The number of hydrogen-bond donors (Lipinski definition) is 2. The molecule has 0 aliphatic carbocycles. The number of amides is 1. The third-order valence-corrected chi connectivity index (χ3v) is 8.47. The van der Waals surface area contributed by atoms with Crippen LogP contribution in [0.2, 0.25) is 5.02 Å². The highest BCUT2D eigenvalue weighted by Gasteiger charge is 2.24. The molecule has 0 spiro atoms. The molecule has 10 heteroatoms. The molecule has 1 aromatic heterocycles. The van der Waals surface area contributed by atoms with Crippen molar-refractivity contribution in [2.75, 3.05) is 39.3 Å². The van der Waals surface area contributed by atoms with E-state index in [1.807, 2.05) is 24.3 Å². The quantitative estimate of drug-likeness (QED) is 0.358. The van der Waals surface area contributed by atoms with Crippen LogP contribution in [0, 0.1) is 0 Å². The standard InChI is InChI=1S/C27H29ClN4O4S/c28-20-9-11-22(12-10-20)37(35,36)29-17-27(34)31-15-13-30(14-16-31)18-21(33)19-32-25-7-3-1-5-23(25)24-6-2-4-8-26(24)32/h1-12,21,29,33H,13-19H2. The summed E-state index contributed by atoms with van der Waals surface area (Å²) < 4.78 is 29.4. The Labute approximate surface area is 221 Å². The lowest BCUT2D eigenvalue weighted by atomic mass is 10.2. The third-order valence-electron chi connectivity index (χ3n) is 6.80. The normalized spacial score (nSPS) is 15.9. The Morgan fingerprint density at radius 3 is 2.03 bits per heavy atom. The molecule has 2 N–H and O–H groups in total. The van der Waals surface area contributed by atoms with Crippen molar-refractivity contribution in [3.05, 3.63) is 77.8 Å². The second kappa shape index (κ2) is 10.8. The van der Waals surface area contributed by atoms with E-state index in [-0.39, 0.29) is 17.3 Å². The van der Waals surface area contributed by atoms with Gasteiger partial charge in [-0.25, -0.2) is 13.1 Å². The maximum absolute atomic E-state index is 12.6. The number of sulfonamides is 1. The molecule has 1 saturated heterocycles. The Kier molecular flexibility index (Phi) is 7.50. The number of carbonyl (C=O) groups is 1. The topological polar surface area (TPSA) is 94.9 Å². The third kappa shape index (κ3) is 5.66.